The van der Waals surface area contributed by atoms with Crippen molar-refractivity contribution in [2.24, 2.45) is 0 Å². The zero-order chi connectivity index (χ0) is 13.8. The Hall–Kier alpha value is -1.46. The van der Waals surface area contributed by atoms with E-state index in [4.69, 9.17) is 0 Å². The van der Waals surface area contributed by atoms with Crippen LogP contribution in [0.2, 0.25) is 0 Å². The summed E-state index contributed by atoms with van der Waals surface area (Å²) in [5.41, 5.74) is 1.17. The fraction of sp³-hybridized carbons (Fsp3) is 0.571. The van der Waals surface area contributed by atoms with Crippen molar-refractivity contribution < 1.29 is 4.92 Å². The fourth-order valence-corrected chi connectivity index (χ4v) is 2.63. The number of nitro benzene ring substituents is 1. The molecule has 0 radical (unpaired) electrons. The Morgan fingerprint density at radius 1 is 1.53 bits per heavy atom. The predicted molar refractivity (Wildman–Crippen MR) is 75.2 cm³/mol. The van der Waals surface area contributed by atoms with Gasteiger partial charge >= 0.3 is 0 Å². The molecule has 1 aromatic rings. The largest absolute Gasteiger partial charge is 0.315 e. The minimum atomic E-state index is -0.335. The summed E-state index contributed by atoms with van der Waals surface area (Å²) in [6, 6.07) is 7.63. The zero-order valence-corrected chi connectivity index (χ0v) is 11.5. The lowest BCUT2D eigenvalue weighted by molar-refractivity contribution is -0.385. The maximum absolute atomic E-state index is 10.8. The summed E-state index contributed by atoms with van der Waals surface area (Å²) in [6.45, 7) is 4.19. The Bertz CT molecular complexity index is 444. The summed E-state index contributed by atoms with van der Waals surface area (Å²) in [5, 5.41) is 14.2. The first kappa shape index (κ1) is 14.0. The highest BCUT2D eigenvalue weighted by Gasteiger charge is 2.23. The number of hydrogen-bond donors (Lipinski definition) is 1. The van der Waals surface area contributed by atoms with E-state index in [9.17, 15) is 10.1 Å². The van der Waals surface area contributed by atoms with Crippen molar-refractivity contribution in [1.82, 2.24) is 10.2 Å². The number of hydrogen-bond acceptors (Lipinski definition) is 4. The number of nitrogens with zero attached hydrogens (tertiary/aromatic N) is 2. The molecule has 0 aromatic heterocycles. The molecule has 1 aliphatic rings. The van der Waals surface area contributed by atoms with E-state index in [1.807, 2.05) is 6.07 Å². The van der Waals surface area contributed by atoms with Gasteiger partial charge in [-0.1, -0.05) is 12.1 Å². The number of benzene rings is 1. The van der Waals surface area contributed by atoms with Crippen LogP contribution in [0.15, 0.2) is 24.3 Å². The molecule has 0 bridgehead atoms. The molecular weight excluding hydrogens is 242 g/mol. The van der Waals surface area contributed by atoms with Crippen LogP contribution < -0.4 is 5.32 Å². The molecule has 1 aromatic carbocycles. The Labute approximate surface area is 113 Å². The van der Waals surface area contributed by atoms with Gasteiger partial charge in [0.25, 0.3) is 5.69 Å². The summed E-state index contributed by atoms with van der Waals surface area (Å²) in [6.07, 6.45) is 2.37. The van der Waals surface area contributed by atoms with Crippen molar-refractivity contribution in [1.29, 1.82) is 0 Å². The fourth-order valence-electron chi connectivity index (χ4n) is 2.63. The van der Waals surface area contributed by atoms with E-state index in [1.54, 1.807) is 18.2 Å². The third-order valence-corrected chi connectivity index (χ3v) is 4.02. The van der Waals surface area contributed by atoms with Crippen LogP contribution in [0.25, 0.3) is 0 Å². The molecule has 0 spiro atoms. The molecule has 1 aliphatic heterocycles. The van der Waals surface area contributed by atoms with E-state index in [2.05, 4.69) is 24.2 Å². The summed E-state index contributed by atoms with van der Waals surface area (Å²) < 4.78 is 0. The smallest absolute Gasteiger partial charge is 0.269 e. The van der Waals surface area contributed by atoms with Gasteiger partial charge in [-0.05, 0) is 38.9 Å². The van der Waals surface area contributed by atoms with Crippen LogP contribution in [0.3, 0.4) is 0 Å². The van der Waals surface area contributed by atoms with Crippen LogP contribution >= 0.6 is 0 Å². The third kappa shape index (κ3) is 3.30. The molecule has 1 N–H and O–H groups in total. The predicted octanol–water partition coefficient (Wildman–Crippen LogP) is 2.34. The molecular formula is C14H21N3O2. The summed E-state index contributed by atoms with van der Waals surface area (Å²) in [5.74, 6) is 0. The van der Waals surface area contributed by atoms with E-state index in [0.29, 0.717) is 6.04 Å². The monoisotopic (exact) mass is 263 g/mol. The first-order valence-electron chi connectivity index (χ1n) is 6.76. The third-order valence-electron chi connectivity index (χ3n) is 4.02. The van der Waals surface area contributed by atoms with Crippen LogP contribution in [-0.2, 0) is 0 Å². The van der Waals surface area contributed by atoms with E-state index >= 15 is 0 Å². The quantitative estimate of drug-likeness (QED) is 0.669. The van der Waals surface area contributed by atoms with Gasteiger partial charge in [-0.25, -0.2) is 0 Å². The number of piperidine rings is 1. The molecule has 2 atom stereocenters. The minimum absolute atomic E-state index is 0.166. The van der Waals surface area contributed by atoms with Gasteiger partial charge in [0.2, 0.25) is 0 Å². The van der Waals surface area contributed by atoms with Gasteiger partial charge < -0.3 is 5.32 Å². The van der Waals surface area contributed by atoms with Gasteiger partial charge in [-0.3, -0.25) is 15.0 Å². The number of rotatable bonds is 4. The van der Waals surface area contributed by atoms with Crippen molar-refractivity contribution in [3.63, 3.8) is 0 Å². The molecule has 104 valence electrons. The van der Waals surface area contributed by atoms with Crippen LogP contribution in [0.4, 0.5) is 5.69 Å². The van der Waals surface area contributed by atoms with Gasteiger partial charge in [-0.2, -0.15) is 0 Å². The molecule has 1 fully saturated rings. The van der Waals surface area contributed by atoms with E-state index < -0.39 is 0 Å². The summed E-state index contributed by atoms with van der Waals surface area (Å²) in [4.78, 5) is 12.8. The lowest BCUT2D eigenvalue weighted by Crippen LogP contribution is -2.45. The van der Waals surface area contributed by atoms with Gasteiger partial charge in [-0.15, -0.1) is 0 Å². The van der Waals surface area contributed by atoms with Gasteiger partial charge in [0.1, 0.15) is 0 Å². The second-order valence-corrected chi connectivity index (χ2v) is 5.19. The molecule has 2 unspecified atom stereocenters. The van der Waals surface area contributed by atoms with Gasteiger partial charge in [0.15, 0.2) is 0 Å². The molecule has 2 rings (SSSR count). The molecule has 19 heavy (non-hydrogen) atoms. The van der Waals surface area contributed by atoms with Crippen molar-refractivity contribution in [3.8, 4) is 0 Å². The Balaban J connectivity index is 2.11. The molecule has 5 heteroatoms. The number of likely N-dealkylation sites (N-methyl/N-ethyl adjacent to an activating group) is 1. The molecule has 5 nitrogen and oxygen atoms in total. The summed E-state index contributed by atoms with van der Waals surface area (Å²) >= 11 is 0. The Kier molecular flexibility index (Phi) is 4.50. The number of nitrogens with one attached hydrogen (secondary N) is 1. The van der Waals surface area contributed by atoms with Crippen LogP contribution in [0.1, 0.15) is 31.4 Å². The first-order valence-corrected chi connectivity index (χ1v) is 6.76. The van der Waals surface area contributed by atoms with Crippen LogP contribution in [0, 0.1) is 10.1 Å². The van der Waals surface area contributed by atoms with Crippen LogP contribution in [0.5, 0.6) is 0 Å². The second-order valence-electron chi connectivity index (χ2n) is 5.19. The molecule has 0 amide bonds. The van der Waals surface area contributed by atoms with E-state index in [0.717, 1.165) is 18.7 Å². The summed E-state index contributed by atoms with van der Waals surface area (Å²) in [7, 11) is 2.10. The number of non-ortho nitro benzene ring substituents is 1. The van der Waals surface area contributed by atoms with Crippen molar-refractivity contribution in [2.45, 2.75) is 31.8 Å². The topological polar surface area (TPSA) is 58.4 Å². The highest BCUT2D eigenvalue weighted by molar-refractivity contribution is 5.35. The molecule has 0 saturated carbocycles. The Morgan fingerprint density at radius 3 is 2.95 bits per heavy atom. The molecule has 1 heterocycles. The standard InChI is InChI=1S/C14H21N3O2/c1-11(16(2)14-7-4-8-15-10-14)12-5-3-6-13(9-12)17(18)19/h3,5-6,9,11,14-15H,4,7-8,10H2,1-2H3. The lowest BCUT2D eigenvalue weighted by Gasteiger charge is -2.36. The SMILES string of the molecule is CC(c1cccc([N+](=O)[O-])c1)N(C)C1CCCNC1. The Morgan fingerprint density at radius 2 is 2.32 bits per heavy atom. The van der Waals surface area contributed by atoms with Gasteiger partial charge in [0, 0.05) is 30.8 Å². The lowest BCUT2D eigenvalue weighted by atomic mass is 10.0. The average Bonchev–Trinajstić information content (AvgIpc) is 2.46. The second kappa shape index (κ2) is 6.12. The highest BCUT2D eigenvalue weighted by atomic mass is 16.6. The first-order chi connectivity index (χ1) is 9.09. The van der Waals surface area contributed by atoms with Crippen molar-refractivity contribution in [3.05, 3.63) is 39.9 Å². The number of nitro groups is 1. The van der Waals surface area contributed by atoms with Gasteiger partial charge in [0.05, 0.1) is 4.92 Å². The van der Waals surface area contributed by atoms with Crippen molar-refractivity contribution in [2.75, 3.05) is 20.1 Å². The molecule has 1 saturated heterocycles. The minimum Gasteiger partial charge on any atom is -0.315 e. The maximum Gasteiger partial charge on any atom is 0.269 e. The maximum atomic E-state index is 10.8. The van der Waals surface area contributed by atoms with Crippen LogP contribution in [-0.4, -0.2) is 36.0 Å². The van der Waals surface area contributed by atoms with E-state index in [1.165, 1.54) is 12.8 Å². The van der Waals surface area contributed by atoms with Crippen molar-refractivity contribution >= 4 is 5.69 Å². The normalized spacial score (nSPS) is 21.3. The molecule has 0 aliphatic carbocycles. The van der Waals surface area contributed by atoms with E-state index in [-0.39, 0.29) is 16.7 Å². The zero-order valence-electron chi connectivity index (χ0n) is 11.5. The highest BCUT2D eigenvalue weighted by Crippen LogP contribution is 2.25. The average molecular weight is 263 g/mol.